The minimum absolute atomic E-state index is 0.0908. The molecule has 0 radical (unpaired) electrons. The zero-order chi connectivity index (χ0) is 21.6. The van der Waals surface area contributed by atoms with Crippen LogP contribution in [0.25, 0.3) is 21.9 Å². The molecule has 1 unspecified atom stereocenters. The van der Waals surface area contributed by atoms with Crippen LogP contribution >= 0.6 is 0 Å². The summed E-state index contributed by atoms with van der Waals surface area (Å²) >= 11 is 0. The molecule has 0 bridgehead atoms. The van der Waals surface area contributed by atoms with Crippen molar-refractivity contribution in [3.63, 3.8) is 0 Å². The molecule has 1 aliphatic heterocycles. The van der Waals surface area contributed by atoms with Gasteiger partial charge in [-0.05, 0) is 24.3 Å². The monoisotopic (exact) mass is 428 g/mol. The minimum Gasteiger partial charge on any atom is -0.497 e. The molecule has 1 atom stereocenters. The Morgan fingerprint density at radius 2 is 1.97 bits per heavy atom. The fourth-order valence-corrected chi connectivity index (χ4v) is 4.06. The number of pyridine rings is 1. The fourth-order valence-electron chi connectivity index (χ4n) is 4.06. The number of methoxy groups -OCH3 is 1. The van der Waals surface area contributed by atoms with Crippen molar-refractivity contribution in [1.82, 2.24) is 15.5 Å². The van der Waals surface area contributed by atoms with Crippen LogP contribution in [0.3, 0.4) is 0 Å². The summed E-state index contributed by atoms with van der Waals surface area (Å²) in [4.78, 5) is 6.53. The number of hydrogen-bond acceptors (Lipinski definition) is 6. The van der Waals surface area contributed by atoms with Gasteiger partial charge in [-0.2, -0.15) is 13.2 Å². The van der Waals surface area contributed by atoms with Crippen molar-refractivity contribution in [1.29, 1.82) is 0 Å². The number of aromatic nitrogens is 2. The van der Waals surface area contributed by atoms with E-state index < -0.39 is 17.8 Å². The summed E-state index contributed by atoms with van der Waals surface area (Å²) < 4.78 is 52.2. The van der Waals surface area contributed by atoms with Crippen LogP contribution in [0, 0.1) is 0 Å². The molecule has 160 valence electrons. The molecule has 2 aromatic carbocycles. The lowest BCUT2D eigenvalue weighted by molar-refractivity contribution is -0.136. The quantitative estimate of drug-likeness (QED) is 0.516. The summed E-state index contributed by atoms with van der Waals surface area (Å²) in [5.41, 5.74) is 0.512. The van der Waals surface area contributed by atoms with Gasteiger partial charge >= 0.3 is 6.18 Å². The van der Waals surface area contributed by atoms with Crippen LogP contribution in [-0.2, 0) is 6.18 Å². The van der Waals surface area contributed by atoms with Crippen LogP contribution in [0.5, 0.6) is 5.75 Å². The summed E-state index contributed by atoms with van der Waals surface area (Å²) in [5, 5.41) is 8.34. The normalized spacial score (nSPS) is 17.4. The Kier molecular flexibility index (Phi) is 4.70. The maximum Gasteiger partial charge on any atom is 0.417 e. The first-order valence-corrected chi connectivity index (χ1v) is 9.83. The molecule has 1 fully saturated rings. The van der Waals surface area contributed by atoms with Crippen LogP contribution in [0.1, 0.15) is 17.3 Å². The van der Waals surface area contributed by atoms with Crippen molar-refractivity contribution in [2.45, 2.75) is 12.2 Å². The van der Waals surface area contributed by atoms with E-state index in [1.165, 1.54) is 6.07 Å². The van der Waals surface area contributed by atoms with Gasteiger partial charge in [-0.3, -0.25) is 4.98 Å². The van der Waals surface area contributed by atoms with Gasteiger partial charge < -0.3 is 19.5 Å². The largest absolute Gasteiger partial charge is 0.497 e. The van der Waals surface area contributed by atoms with Crippen LogP contribution in [0.15, 0.2) is 53.1 Å². The third kappa shape index (κ3) is 3.44. The number of piperazine rings is 1. The van der Waals surface area contributed by atoms with Crippen molar-refractivity contribution < 1.29 is 22.4 Å². The van der Waals surface area contributed by atoms with Crippen LogP contribution < -0.4 is 15.0 Å². The number of hydrogen-bond donors (Lipinski definition) is 1. The van der Waals surface area contributed by atoms with E-state index in [0.717, 1.165) is 11.5 Å². The van der Waals surface area contributed by atoms with E-state index in [-0.39, 0.29) is 5.39 Å². The van der Waals surface area contributed by atoms with Gasteiger partial charge in [0, 0.05) is 31.1 Å². The molecular formula is C22H19F3N4O2. The zero-order valence-electron chi connectivity index (χ0n) is 16.6. The number of alkyl halides is 3. The van der Waals surface area contributed by atoms with Crippen LogP contribution in [0.2, 0.25) is 0 Å². The highest BCUT2D eigenvalue weighted by Crippen LogP contribution is 2.38. The predicted octanol–water partition coefficient (Wildman–Crippen LogP) is 4.55. The summed E-state index contributed by atoms with van der Waals surface area (Å²) in [6.45, 7) is 1.65. The van der Waals surface area contributed by atoms with E-state index in [9.17, 15) is 13.2 Å². The summed E-state index contributed by atoms with van der Waals surface area (Å²) in [5.74, 6) is 1.21. The highest BCUT2D eigenvalue weighted by Gasteiger charge is 2.36. The van der Waals surface area contributed by atoms with E-state index in [0.29, 0.717) is 48.0 Å². The average Bonchev–Trinajstić information content (AvgIpc) is 3.20. The van der Waals surface area contributed by atoms with Gasteiger partial charge in [0.15, 0.2) is 11.4 Å². The molecule has 1 saturated heterocycles. The second kappa shape index (κ2) is 7.42. The van der Waals surface area contributed by atoms with E-state index in [2.05, 4.69) is 15.5 Å². The number of fused-ring (bicyclic) bond motifs is 2. The fraction of sp³-hybridized carbons (Fsp3) is 0.273. The molecule has 2 aromatic heterocycles. The van der Waals surface area contributed by atoms with Gasteiger partial charge in [-0.1, -0.05) is 23.4 Å². The van der Waals surface area contributed by atoms with E-state index in [1.807, 2.05) is 11.0 Å². The number of nitrogens with one attached hydrogen (secondary N) is 1. The van der Waals surface area contributed by atoms with Gasteiger partial charge in [-0.15, -0.1) is 0 Å². The third-order valence-corrected chi connectivity index (χ3v) is 5.56. The SMILES string of the molecule is COc1ccc2c(N3CCNCC3c3cc(C(F)(F)F)c4ccccc4n3)noc2c1. The molecule has 5 rings (SSSR count). The van der Waals surface area contributed by atoms with Crippen molar-refractivity contribution in [2.24, 2.45) is 0 Å². The molecule has 3 heterocycles. The number of anilines is 1. The molecule has 1 N–H and O–H groups in total. The van der Waals surface area contributed by atoms with Crippen LogP contribution in [0.4, 0.5) is 19.0 Å². The molecule has 0 saturated carbocycles. The molecule has 6 nitrogen and oxygen atoms in total. The third-order valence-electron chi connectivity index (χ3n) is 5.56. The summed E-state index contributed by atoms with van der Waals surface area (Å²) in [7, 11) is 1.56. The standard InChI is InChI=1S/C22H19F3N4O2/c1-30-13-6-7-15-20(10-13)31-28-21(15)29-9-8-26-12-19(29)18-11-16(22(23,24)25)14-4-2-3-5-17(14)27-18/h2-7,10-11,19,26H,8-9,12H2,1H3. The lowest BCUT2D eigenvalue weighted by Gasteiger charge is -2.36. The molecule has 31 heavy (non-hydrogen) atoms. The molecule has 0 amide bonds. The van der Waals surface area contributed by atoms with Gasteiger partial charge in [0.05, 0.1) is 35.3 Å². The van der Waals surface area contributed by atoms with E-state index in [4.69, 9.17) is 9.26 Å². The molecule has 0 spiro atoms. The van der Waals surface area contributed by atoms with Crippen molar-refractivity contribution in [3.8, 4) is 5.75 Å². The van der Waals surface area contributed by atoms with Crippen molar-refractivity contribution in [2.75, 3.05) is 31.6 Å². The van der Waals surface area contributed by atoms with Crippen molar-refractivity contribution >= 4 is 27.7 Å². The Hall–Kier alpha value is -3.33. The van der Waals surface area contributed by atoms with Gasteiger partial charge in [0.2, 0.25) is 0 Å². The maximum absolute atomic E-state index is 13.8. The molecule has 1 aliphatic rings. The smallest absolute Gasteiger partial charge is 0.417 e. The molecule has 4 aromatic rings. The molecular weight excluding hydrogens is 409 g/mol. The second-order valence-electron chi connectivity index (χ2n) is 7.39. The first kappa shape index (κ1) is 19.6. The first-order valence-electron chi connectivity index (χ1n) is 9.83. The average molecular weight is 428 g/mol. The second-order valence-corrected chi connectivity index (χ2v) is 7.39. The number of benzene rings is 2. The topological polar surface area (TPSA) is 63.4 Å². The lowest BCUT2D eigenvalue weighted by atomic mass is 10.0. The molecule has 9 heteroatoms. The van der Waals surface area contributed by atoms with Gasteiger partial charge in [-0.25, -0.2) is 0 Å². The first-order chi connectivity index (χ1) is 15.0. The van der Waals surface area contributed by atoms with Crippen molar-refractivity contribution in [3.05, 3.63) is 59.8 Å². The van der Waals surface area contributed by atoms with Gasteiger partial charge in [0.1, 0.15) is 5.75 Å². The Bertz CT molecular complexity index is 1250. The zero-order valence-corrected chi connectivity index (χ0v) is 16.6. The Morgan fingerprint density at radius 3 is 2.77 bits per heavy atom. The summed E-state index contributed by atoms with van der Waals surface area (Å²) in [6, 6.07) is 12.4. The number of nitrogens with zero attached hydrogens (tertiary/aromatic N) is 3. The Balaban J connectivity index is 1.63. The maximum atomic E-state index is 13.8. The lowest BCUT2D eigenvalue weighted by Crippen LogP contribution is -2.46. The highest BCUT2D eigenvalue weighted by molar-refractivity contribution is 5.90. The highest BCUT2D eigenvalue weighted by atomic mass is 19.4. The minimum atomic E-state index is -4.48. The van der Waals surface area contributed by atoms with E-state index in [1.54, 1.807) is 37.4 Å². The Morgan fingerprint density at radius 1 is 1.13 bits per heavy atom. The number of para-hydroxylation sites is 1. The van der Waals surface area contributed by atoms with Gasteiger partial charge in [0.25, 0.3) is 0 Å². The summed E-state index contributed by atoms with van der Waals surface area (Å²) in [6.07, 6.45) is -4.48. The Labute approximate surface area is 175 Å². The number of rotatable bonds is 3. The molecule has 0 aliphatic carbocycles. The number of halogens is 3. The van der Waals surface area contributed by atoms with E-state index >= 15 is 0 Å². The predicted molar refractivity (Wildman–Crippen MR) is 110 cm³/mol. The number of ether oxygens (including phenoxy) is 1. The van der Waals surface area contributed by atoms with Crippen LogP contribution in [-0.4, -0.2) is 36.9 Å².